The summed E-state index contributed by atoms with van der Waals surface area (Å²) < 4.78 is 19.1. The summed E-state index contributed by atoms with van der Waals surface area (Å²) >= 11 is 0. The van der Waals surface area contributed by atoms with Crippen molar-refractivity contribution in [2.75, 3.05) is 0 Å². The summed E-state index contributed by atoms with van der Waals surface area (Å²) in [4.78, 5) is 0. The van der Waals surface area contributed by atoms with Gasteiger partial charge in [-0.25, -0.2) is 0 Å². The number of aliphatic hydroxyl groups excluding tert-OH is 1. The van der Waals surface area contributed by atoms with E-state index in [-0.39, 0.29) is 0 Å². The van der Waals surface area contributed by atoms with E-state index in [0.717, 1.165) is 33.8 Å². The van der Waals surface area contributed by atoms with Crippen LogP contribution in [0.5, 0.6) is 11.5 Å². The van der Waals surface area contributed by atoms with E-state index in [0.29, 0.717) is 26.1 Å². The molecule has 1 aliphatic rings. The second-order valence-electron chi connectivity index (χ2n) is 9.65. The van der Waals surface area contributed by atoms with Gasteiger partial charge in [0.25, 0.3) is 0 Å². The monoisotopic (exact) mass is 446 g/mol. The highest BCUT2D eigenvalue weighted by Crippen LogP contribution is 2.47. The Morgan fingerprint density at radius 3 is 1.94 bits per heavy atom. The summed E-state index contributed by atoms with van der Waals surface area (Å²) in [6, 6.07) is 24.4. The zero-order valence-corrected chi connectivity index (χ0v) is 20.0. The minimum atomic E-state index is -0.653. The van der Waals surface area contributed by atoms with Crippen molar-refractivity contribution in [2.24, 2.45) is 0 Å². The van der Waals surface area contributed by atoms with E-state index in [4.69, 9.17) is 14.2 Å². The summed E-state index contributed by atoms with van der Waals surface area (Å²) in [5.74, 6) is 1.60. The van der Waals surface area contributed by atoms with E-state index in [1.54, 1.807) is 0 Å². The average molecular weight is 447 g/mol. The Morgan fingerprint density at radius 1 is 0.848 bits per heavy atom. The second-order valence-corrected chi connectivity index (χ2v) is 9.65. The summed E-state index contributed by atoms with van der Waals surface area (Å²) in [5, 5.41) is 10.5. The molecule has 174 valence electrons. The Hall–Kier alpha value is -2.82. The van der Waals surface area contributed by atoms with Crippen molar-refractivity contribution < 1.29 is 19.3 Å². The van der Waals surface area contributed by atoms with Crippen molar-refractivity contribution in [3.05, 3.63) is 95.1 Å². The summed E-state index contributed by atoms with van der Waals surface area (Å²) in [6.07, 6.45) is 0.856. The number of aryl methyl sites for hydroxylation is 1. The summed E-state index contributed by atoms with van der Waals surface area (Å²) in [5.41, 5.74) is 2.93. The Balaban J connectivity index is 1.66. The third kappa shape index (κ3) is 5.40. The SMILES string of the molecule is Cc1cc(OCc2ccccc2)c([C@]2(C)CC[C@H](O)C(C)(C)O2)cc1OCc1ccccc1. The van der Waals surface area contributed by atoms with E-state index in [1.165, 1.54) is 0 Å². The smallest absolute Gasteiger partial charge is 0.126 e. The maximum Gasteiger partial charge on any atom is 0.126 e. The number of rotatable bonds is 7. The highest BCUT2D eigenvalue weighted by molar-refractivity contribution is 5.49. The van der Waals surface area contributed by atoms with Crippen LogP contribution >= 0.6 is 0 Å². The molecule has 0 amide bonds. The van der Waals surface area contributed by atoms with Crippen molar-refractivity contribution in [1.29, 1.82) is 0 Å². The molecule has 4 rings (SSSR count). The standard InChI is InChI=1S/C29H34O4/c1-21-17-26(32-20-23-13-9-6-10-14-23)24(29(4)16-15-27(30)28(2,3)33-29)18-25(21)31-19-22-11-7-5-8-12-22/h5-14,17-18,27,30H,15-16,19-20H2,1-4H3/t27-,29-/m0/s1. The molecule has 1 aliphatic heterocycles. The van der Waals surface area contributed by atoms with E-state index in [1.807, 2.05) is 63.2 Å². The lowest BCUT2D eigenvalue weighted by Gasteiger charge is -2.47. The van der Waals surface area contributed by atoms with Crippen LogP contribution in [-0.4, -0.2) is 16.8 Å². The summed E-state index contributed by atoms with van der Waals surface area (Å²) in [6.45, 7) is 8.98. The lowest BCUT2D eigenvalue weighted by atomic mass is 9.81. The van der Waals surface area contributed by atoms with Crippen molar-refractivity contribution in [3.63, 3.8) is 0 Å². The molecule has 1 saturated heterocycles. The molecule has 33 heavy (non-hydrogen) atoms. The average Bonchev–Trinajstić information content (AvgIpc) is 2.80. The second kappa shape index (κ2) is 9.58. The van der Waals surface area contributed by atoms with Gasteiger partial charge in [0.15, 0.2) is 0 Å². The van der Waals surface area contributed by atoms with Gasteiger partial charge in [-0.15, -0.1) is 0 Å². The lowest BCUT2D eigenvalue weighted by molar-refractivity contribution is -0.219. The van der Waals surface area contributed by atoms with E-state index < -0.39 is 17.3 Å². The molecule has 0 aromatic heterocycles. The van der Waals surface area contributed by atoms with E-state index in [2.05, 4.69) is 37.3 Å². The van der Waals surface area contributed by atoms with Crippen LogP contribution in [0, 0.1) is 6.92 Å². The molecule has 4 heteroatoms. The first-order valence-electron chi connectivity index (χ1n) is 11.6. The third-order valence-corrected chi connectivity index (χ3v) is 6.51. The van der Waals surface area contributed by atoms with Gasteiger partial charge in [0.1, 0.15) is 24.7 Å². The topological polar surface area (TPSA) is 47.9 Å². The van der Waals surface area contributed by atoms with Gasteiger partial charge in [-0.1, -0.05) is 60.7 Å². The van der Waals surface area contributed by atoms with Crippen molar-refractivity contribution in [1.82, 2.24) is 0 Å². The molecule has 3 aromatic carbocycles. The fourth-order valence-corrected chi connectivity index (χ4v) is 4.47. The Bertz CT molecular complexity index is 1060. The van der Waals surface area contributed by atoms with Gasteiger partial charge >= 0.3 is 0 Å². The van der Waals surface area contributed by atoms with Crippen LogP contribution in [0.25, 0.3) is 0 Å². The normalized spacial score (nSPS) is 22.0. The number of hydrogen-bond donors (Lipinski definition) is 1. The molecule has 3 aromatic rings. The maximum atomic E-state index is 10.5. The van der Waals surface area contributed by atoms with Crippen molar-refractivity contribution in [2.45, 2.75) is 71.1 Å². The molecule has 1 N–H and O–H groups in total. The van der Waals surface area contributed by atoms with Crippen LogP contribution in [0.2, 0.25) is 0 Å². The Kier molecular flexibility index (Phi) is 6.78. The van der Waals surface area contributed by atoms with Crippen molar-refractivity contribution >= 4 is 0 Å². The van der Waals surface area contributed by atoms with Gasteiger partial charge in [0.2, 0.25) is 0 Å². The number of ether oxygens (including phenoxy) is 3. The zero-order valence-electron chi connectivity index (χ0n) is 20.0. The van der Waals surface area contributed by atoms with E-state index in [9.17, 15) is 5.11 Å². The highest BCUT2D eigenvalue weighted by Gasteiger charge is 2.45. The van der Waals surface area contributed by atoms with Crippen LogP contribution < -0.4 is 9.47 Å². The van der Waals surface area contributed by atoms with Crippen LogP contribution in [0.4, 0.5) is 0 Å². The number of hydrogen-bond acceptors (Lipinski definition) is 4. The first-order valence-corrected chi connectivity index (χ1v) is 11.6. The van der Waals surface area contributed by atoms with E-state index >= 15 is 0 Å². The van der Waals surface area contributed by atoms with Gasteiger partial charge in [-0.05, 0) is 69.4 Å². The minimum absolute atomic E-state index is 0.472. The molecular formula is C29H34O4. The van der Waals surface area contributed by atoms with Crippen LogP contribution in [0.15, 0.2) is 72.8 Å². The minimum Gasteiger partial charge on any atom is -0.489 e. The third-order valence-electron chi connectivity index (χ3n) is 6.51. The van der Waals surface area contributed by atoms with Crippen LogP contribution in [0.1, 0.15) is 55.9 Å². The van der Waals surface area contributed by atoms with Gasteiger partial charge in [-0.3, -0.25) is 0 Å². The fraction of sp³-hybridized carbons (Fsp3) is 0.379. The largest absolute Gasteiger partial charge is 0.489 e. The molecule has 0 aliphatic carbocycles. The first kappa shape index (κ1) is 23.3. The Labute approximate surface area is 197 Å². The van der Waals surface area contributed by atoms with Gasteiger partial charge in [0.05, 0.1) is 17.3 Å². The van der Waals surface area contributed by atoms with Crippen LogP contribution in [0.3, 0.4) is 0 Å². The fourth-order valence-electron chi connectivity index (χ4n) is 4.47. The first-order chi connectivity index (χ1) is 15.8. The highest BCUT2D eigenvalue weighted by atomic mass is 16.5. The molecule has 0 spiro atoms. The predicted molar refractivity (Wildman–Crippen MR) is 130 cm³/mol. The zero-order chi connectivity index (χ0) is 23.5. The van der Waals surface area contributed by atoms with Crippen LogP contribution in [-0.2, 0) is 23.6 Å². The molecule has 0 bridgehead atoms. The lowest BCUT2D eigenvalue weighted by Crippen LogP contribution is -2.50. The van der Waals surface area contributed by atoms with Crippen molar-refractivity contribution in [3.8, 4) is 11.5 Å². The van der Waals surface area contributed by atoms with Gasteiger partial charge < -0.3 is 19.3 Å². The number of benzene rings is 3. The summed E-state index contributed by atoms with van der Waals surface area (Å²) in [7, 11) is 0. The molecule has 1 heterocycles. The predicted octanol–water partition coefficient (Wildman–Crippen LogP) is 6.32. The molecule has 0 saturated carbocycles. The molecule has 4 nitrogen and oxygen atoms in total. The van der Waals surface area contributed by atoms with Gasteiger partial charge in [0, 0.05) is 5.56 Å². The maximum absolute atomic E-state index is 10.5. The van der Waals surface area contributed by atoms with Gasteiger partial charge in [-0.2, -0.15) is 0 Å². The molecule has 2 atom stereocenters. The molecular weight excluding hydrogens is 412 g/mol. The molecule has 0 radical (unpaired) electrons. The molecule has 0 unspecified atom stereocenters. The number of aliphatic hydroxyl groups is 1. The quantitative estimate of drug-likeness (QED) is 0.461. The molecule has 1 fully saturated rings. The Morgan fingerprint density at radius 2 is 1.39 bits per heavy atom.